The average molecular weight is 426 g/mol. The summed E-state index contributed by atoms with van der Waals surface area (Å²) in [4.78, 5) is 24.5. The van der Waals surface area contributed by atoms with Crippen molar-refractivity contribution in [3.63, 3.8) is 0 Å². The fraction of sp³-hybridized carbons (Fsp3) is 0.111. The van der Waals surface area contributed by atoms with Gasteiger partial charge in [-0.1, -0.05) is 49.1 Å². The number of hydrogen-bond donors (Lipinski definition) is 0. The smallest absolute Gasteiger partial charge is 0.337 e. The third-order valence-corrected chi connectivity index (χ3v) is 5.19. The quantitative estimate of drug-likeness (QED) is 0.378. The number of rotatable bonds is 6. The Balaban J connectivity index is 1.51. The van der Waals surface area contributed by atoms with Crippen molar-refractivity contribution in [3.05, 3.63) is 106 Å². The molecule has 1 heterocycles. The molecule has 1 aliphatic rings. The van der Waals surface area contributed by atoms with Crippen molar-refractivity contribution in [3.8, 4) is 11.5 Å². The number of esters is 1. The number of carbonyl (C=O) groups excluding carboxylic acids is 2. The van der Waals surface area contributed by atoms with Crippen LogP contribution in [0, 0.1) is 6.92 Å². The van der Waals surface area contributed by atoms with Gasteiger partial charge in [-0.05, 0) is 53.5 Å². The number of Topliss-reactive ketones (excluding diaryl/α,β-unsaturated/α-hetero) is 1. The molecule has 0 N–H and O–H groups in total. The van der Waals surface area contributed by atoms with Gasteiger partial charge in [0.15, 0.2) is 5.76 Å². The Kier molecular flexibility index (Phi) is 5.90. The van der Waals surface area contributed by atoms with Crippen molar-refractivity contribution in [2.45, 2.75) is 13.5 Å². The summed E-state index contributed by atoms with van der Waals surface area (Å²) in [6.07, 6.45) is 3.45. The van der Waals surface area contributed by atoms with Crippen LogP contribution in [0.4, 0.5) is 0 Å². The predicted molar refractivity (Wildman–Crippen MR) is 123 cm³/mol. The summed E-state index contributed by atoms with van der Waals surface area (Å²) in [5, 5.41) is 0. The van der Waals surface area contributed by atoms with Gasteiger partial charge in [0, 0.05) is 6.07 Å². The summed E-state index contributed by atoms with van der Waals surface area (Å²) >= 11 is 0. The second-order valence-electron chi connectivity index (χ2n) is 7.40. The van der Waals surface area contributed by atoms with Gasteiger partial charge < -0.3 is 14.2 Å². The Morgan fingerprint density at radius 3 is 2.38 bits per heavy atom. The van der Waals surface area contributed by atoms with Gasteiger partial charge in [0.2, 0.25) is 5.78 Å². The average Bonchev–Trinajstić information content (AvgIpc) is 3.13. The van der Waals surface area contributed by atoms with Crippen LogP contribution in [0.1, 0.15) is 43.0 Å². The largest absolute Gasteiger partial charge is 0.489 e. The molecule has 4 rings (SSSR count). The molecule has 0 fully saturated rings. The number of methoxy groups -OCH3 is 1. The van der Waals surface area contributed by atoms with Crippen LogP contribution in [0.15, 0.2) is 73.0 Å². The van der Waals surface area contributed by atoms with Crippen molar-refractivity contribution in [1.29, 1.82) is 0 Å². The van der Waals surface area contributed by atoms with E-state index < -0.39 is 5.97 Å². The van der Waals surface area contributed by atoms with Crippen LogP contribution < -0.4 is 9.47 Å². The van der Waals surface area contributed by atoms with Gasteiger partial charge in [-0.3, -0.25) is 4.79 Å². The highest BCUT2D eigenvalue weighted by Gasteiger charge is 2.30. The zero-order valence-electron chi connectivity index (χ0n) is 17.9. The standard InChI is InChI=1S/C27H22O5/c1-4-18-5-7-20(8-6-18)16-31-22-13-17(2)25-23(15-22)32-24(26(25)28)14-19-9-11-21(12-10-19)27(29)30-3/h4-15H,1,16H2,2-3H3/b24-14-. The molecule has 0 unspecified atom stereocenters. The minimum atomic E-state index is -0.412. The minimum absolute atomic E-state index is 0.180. The number of ketones is 1. The number of allylic oxidation sites excluding steroid dienone is 1. The van der Waals surface area contributed by atoms with Gasteiger partial charge in [-0.15, -0.1) is 0 Å². The molecule has 0 aliphatic carbocycles. The van der Waals surface area contributed by atoms with Crippen molar-refractivity contribution < 1.29 is 23.8 Å². The van der Waals surface area contributed by atoms with Gasteiger partial charge in [-0.25, -0.2) is 4.79 Å². The Bertz CT molecular complexity index is 1220. The number of benzene rings is 3. The molecule has 5 nitrogen and oxygen atoms in total. The van der Waals surface area contributed by atoms with Crippen LogP contribution in [0.3, 0.4) is 0 Å². The molecule has 0 aromatic heterocycles. The summed E-state index contributed by atoms with van der Waals surface area (Å²) < 4.78 is 16.5. The van der Waals surface area contributed by atoms with Crippen molar-refractivity contribution in [2.75, 3.05) is 7.11 Å². The molecule has 0 atom stereocenters. The summed E-state index contributed by atoms with van der Waals surface area (Å²) in [5.74, 6) is 0.742. The van der Waals surface area contributed by atoms with Gasteiger partial charge in [-0.2, -0.15) is 0 Å². The van der Waals surface area contributed by atoms with Gasteiger partial charge >= 0.3 is 5.97 Å². The normalized spacial score (nSPS) is 13.4. The fourth-order valence-electron chi connectivity index (χ4n) is 3.46. The SMILES string of the molecule is C=Cc1ccc(COc2cc(C)c3c(c2)O/C(=C\c2ccc(C(=O)OC)cc2)C3=O)cc1. The van der Waals surface area contributed by atoms with E-state index in [2.05, 4.69) is 6.58 Å². The van der Waals surface area contributed by atoms with Crippen LogP contribution in [-0.4, -0.2) is 18.9 Å². The highest BCUT2D eigenvalue weighted by Crippen LogP contribution is 2.37. The van der Waals surface area contributed by atoms with Crippen molar-refractivity contribution in [2.24, 2.45) is 0 Å². The maximum Gasteiger partial charge on any atom is 0.337 e. The molecule has 3 aromatic rings. The lowest BCUT2D eigenvalue weighted by Crippen LogP contribution is -2.01. The zero-order chi connectivity index (χ0) is 22.7. The van der Waals surface area contributed by atoms with E-state index in [0.717, 1.165) is 22.3 Å². The molecule has 32 heavy (non-hydrogen) atoms. The van der Waals surface area contributed by atoms with E-state index in [-0.39, 0.29) is 11.5 Å². The summed E-state index contributed by atoms with van der Waals surface area (Å²) in [5.41, 5.74) is 4.58. The van der Waals surface area contributed by atoms with Crippen LogP contribution in [0.5, 0.6) is 11.5 Å². The van der Waals surface area contributed by atoms with Crippen LogP contribution in [-0.2, 0) is 11.3 Å². The minimum Gasteiger partial charge on any atom is -0.489 e. The lowest BCUT2D eigenvalue weighted by Gasteiger charge is -2.09. The molecule has 0 radical (unpaired) electrons. The molecule has 1 aliphatic heterocycles. The Labute approximate surface area is 186 Å². The second kappa shape index (κ2) is 8.94. The fourth-order valence-corrected chi connectivity index (χ4v) is 3.46. The highest BCUT2D eigenvalue weighted by molar-refractivity contribution is 6.15. The molecule has 0 spiro atoms. The Hall–Kier alpha value is -4.12. The summed E-state index contributed by atoms with van der Waals surface area (Å²) in [6, 6.07) is 18.3. The first-order valence-electron chi connectivity index (χ1n) is 10.1. The van der Waals surface area contributed by atoms with E-state index >= 15 is 0 Å². The van der Waals surface area contributed by atoms with Crippen LogP contribution >= 0.6 is 0 Å². The van der Waals surface area contributed by atoms with E-state index in [4.69, 9.17) is 14.2 Å². The van der Waals surface area contributed by atoms with E-state index in [1.165, 1.54) is 7.11 Å². The van der Waals surface area contributed by atoms with Crippen LogP contribution in [0.25, 0.3) is 12.2 Å². The maximum absolute atomic E-state index is 12.9. The van der Waals surface area contributed by atoms with Gasteiger partial charge in [0.05, 0.1) is 18.2 Å². The van der Waals surface area contributed by atoms with Gasteiger partial charge in [0.1, 0.15) is 18.1 Å². The van der Waals surface area contributed by atoms with Crippen molar-refractivity contribution >= 4 is 23.9 Å². The topological polar surface area (TPSA) is 61.8 Å². The number of carbonyl (C=O) groups is 2. The first-order chi connectivity index (χ1) is 15.5. The monoisotopic (exact) mass is 426 g/mol. The van der Waals surface area contributed by atoms with E-state index in [9.17, 15) is 9.59 Å². The van der Waals surface area contributed by atoms with E-state index in [1.54, 1.807) is 42.5 Å². The molecule has 160 valence electrons. The van der Waals surface area contributed by atoms with E-state index in [0.29, 0.717) is 29.2 Å². The molecular weight excluding hydrogens is 404 g/mol. The first-order valence-corrected chi connectivity index (χ1v) is 10.1. The van der Waals surface area contributed by atoms with Crippen LogP contribution in [0.2, 0.25) is 0 Å². The number of aryl methyl sites for hydroxylation is 1. The molecule has 0 saturated carbocycles. The lowest BCUT2D eigenvalue weighted by molar-refractivity contribution is 0.0600. The lowest BCUT2D eigenvalue weighted by atomic mass is 10.0. The van der Waals surface area contributed by atoms with Gasteiger partial charge in [0.25, 0.3) is 0 Å². The second-order valence-corrected chi connectivity index (χ2v) is 7.40. The predicted octanol–water partition coefficient (Wildman–Crippen LogP) is 5.62. The highest BCUT2D eigenvalue weighted by atomic mass is 16.5. The van der Waals surface area contributed by atoms with E-state index in [1.807, 2.05) is 37.3 Å². The third-order valence-electron chi connectivity index (χ3n) is 5.19. The molecule has 3 aromatic carbocycles. The zero-order valence-corrected chi connectivity index (χ0v) is 17.9. The molecule has 0 bridgehead atoms. The molecule has 0 amide bonds. The molecule has 0 saturated heterocycles. The Morgan fingerprint density at radius 2 is 1.72 bits per heavy atom. The summed E-state index contributed by atoms with van der Waals surface area (Å²) in [7, 11) is 1.33. The third kappa shape index (κ3) is 4.32. The van der Waals surface area contributed by atoms with Crippen molar-refractivity contribution in [1.82, 2.24) is 0 Å². The summed E-state index contributed by atoms with van der Waals surface area (Å²) in [6.45, 7) is 6.02. The maximum atomic E-state index is 12.9. The number of hydrogen-bond acceptors (Lipinski definition) is 5. The number of ether oxygens (including phenoxy) is 3. The Morgan fingerprint density at radius 1 is 1.03 bits per heavy atom. The number of fused-ring (bicyclic) bond motifs is 1. The molecule has 5 heteroatoms. The molecular formula is C27H22O5. The first kappa shape index (κ1) is 21.1.